The summed E-state index contributed by atoms with van der Waals surface area (Å²) in [7, 11) is 0. The maximum absolute atomic E-state index is 12.4. The molecule has 2 aliphatic heterocycles. The molecule has 2 aliphatic rings. The van der Waals surface area contributed by atoms with Crippen molar-refractivity contribution in [2.75, 3.05) is 19.6 Å². The predicted octanol–water partition coefficient (Wildman–Crippen LogP) is 1.78. The molecule has 0 aliphatic carbocycles. The third-order valence-corrected chi connectivity index (χ3v) is 4.14. The van der Waals surface area contributed by atoms with Crippen LogP contribution in [0.4, 0.5) is 4.79 Å². The van der Waals surface area contributed by atoms with Gasteiger partial charge in [-0.25, -0.2) is 4.79 Å². The normalized spacial score (nSPS) is 28.5. The van der Waals surface area contributed by atoms with Crippen LogP contribution in [0, 0.1) is 5.92 Å². The lowest BCUT2D eigenvalue weighted by atomic mass is 9.98. The maximum atomic E-state index is 12.4. The first kappa shape index (κ1) is 13.2. The molecule has 2 amide bonds. The van der Waals surface area contributed by atoms with Gasteiger partial charge in [0.2, 0.25) is 0 Å². The van der Waals surface area contributed by atoms with Crippen LogP contribution in [0.3, 0.4) is 0 Å². The second-order valence-corrected chi connectivity index (χ2v) is 5.30. The van der Waals surface area contributed by atoms with Gasteiger partial charge in [-0.1, -0.05) is 6.92 Å². The number of carbonyl (C=O) groups is 2. The number of hydrogen-bond acceptors (Lipinski definition) is 2. The highest BCUT2D eigenvalue weighted by molar-refractivity contribution is 5.77. The lowest BCUT2D eigenvalue weighted by Gasteiger charge is -2.35. The number of rotatable bonds is 2. The molecule has 0 radical (unpaired) electrons. The number of nitrogens with zero attached hydrogens (tertiary/aromatic N) is 2. The summed E-state index contributed by atoms with van der Waals surface area (Å²) in [4.78, 5) is 27.1. The highest BCUT2D eigenvalue weighted by Gasteiger charge is 2.34. The topological polar surface area (TPSA) is 60.9 Å². The lowest BCUT2D eigenvalue weighted by molar-refractivity contribution is -0.143. The summed E-state index contributed by atoms with van der Waals surface area (Å²) in [6.45, 7) is 4.01. The van der Waals surface area contributed by atoms with E-state index in [1.54, 1.807) is 4.90 Å². The third kappa shape index (κ3) is 2.60. The Morgan fingerprint density at radius 1 is 1.22 bits per heavy atom. The summed E-state index contributed by atoms with van der Waals surface area (Å²) in [5, 5.41) is 9.05. The van der Waals surface area contributed by atoms with Gasteiger partial charge in [0.1, 0.15) is 0 Å². The number of carbonyl (C=O) groups excluding carboxylic acids is 1. The van der Waals surface area contributed by atoms with Crippen molar-refractivity contribution in [2.45, 2.75) is 45.1 Å². The Hall–Kier alpha value is -1.26. The molecule has 18 heavy (non-hydrogen) atoms. The van der Waals surface area contributed by atoms with Crippen LogP contribution in [0.5, 0.6) is 0 Å². The van der Waals surface area contributed by atoms with Crippen molar-refractivity contribution in [2.24, 2.45) is 5.92 Å². The fourth-order valence-corrected chi connectivity index (χ4v) is 3.05. The van der Waals surface area contributed by atoms with E-state index in [1.807, 2.05) is 4.90 Å². The lowest BCUT2D eigenvalue weighted by Crippen LogP contribution is -2.50. The minimum absolute atomic E-state index is 0.0466. The Morgan fingerprint density at radius 3 is 2.61 bits per heavy atom. The van der Waals surface area contributed by atoms with E-state index in [0.29, 0.717) is 25.6 Å². The van der Waals surface area contributed by atoms with Crippen LogP contribution in [0.15, 0.2) is 0 Å². The first-order valence-corrected chi connectivity index (χ1v) is 6.91. The molecule has 0 saturated carbocycles. The third-order valence-electron chi connectivity index (χ3n) is 4.14. The van der Waals surface area contributed by atoms with Crippen molar-refractivity contribution in [1.82, 2.24) is 9.80 Å². The molecule has 1 N–H and O–H groups in total. The van der Waals surface area contributed by atoms with E-state index >= 15 is 0 Å². The summed E-state index contributed by atoms with van der Waals surface area (Å²) in [5.74, 6) is -1.16. The van der Waals surface area contributed by atoms with E-state index < -0.39 is 5.97 Å². The molecule has 0 aromatic heterocycles. The number of likely N-dealkylation sites (tertiary alicyclic amines) is 2. The van der Waals surface area contributed by atoms with Gasteiger partial charge < -0.3 is 14.9 Å². The average Bonchev–Trinajstić information content (AvgIpc) is 2.86. The van der Waals surface area contributed by atoms with Crippen molar-refractivity contribution in [3.63, 3.8) is 0 Å². The predicted molar refractivity (Wildman–Crippen MR) is 67.3 cm³/mol. The van der Waals surface area contributed by atoms with Gasteiger partial charge >= 0.3 is 12.0 Å². The standard InChI is InChI=1S/C13H22N2O3/c1-2-11-6-4-8-15(11)13(18)14-7-3-5-10(9-14)12(16)17/h10-11H,2-9H2,1H3,(H,16,17). The molecule has 5 nitrogen and oxygen atoms in total. The quantitative estimate of drug-likeness (QED) is 0.817. The van der Waals surface area contributed by atoms with Crippen molar-refractivity contribution >= 4 is 12.0 Å². The minimum atomic E-state index is -0.777. The second kappa shape index (κ2) is 5.59. The average molecular weight is 254 g/mol. The summed E-state index contributed by atoms with van der Waals surface area (Å²) in [5.41, 5.74) is 0. The number of carboxylic acids is 1. The van der Waals surface area contributed by atoms with E-state index in [4.69, 9.17) is 5.11 Å². The molecule has 0 spiro atoms. The van der Waals surface area contributed by atoms with Crippen molar-refractivity contribution < 1.29 is 14.7 Å². The zero-order chi connectivity index (χ0) is 13.1. The fraction of sp³-hybridized carbons (Fsp3) is 0.846. The van der Waals surface area contributed by atoms with Gasteiger partial charge in [0, 0.05) is 25.7 Å². The molecular weight excluding hydrogens is 232 g/mol. The molecule has 5 heteroatoms. The molecule has 0 bridgehead atoms. The molecular formula is C13H22N2O3. The van der Waals surface area contributed by atoms with Crippen LogP contribution in [0.1, 0.15) is 39.0 Å². The van der Waals surface area contributed by atoms with Crippen LogP contribution < -0.4 is 0 Å². The molecule has 2 unspecified atom stereocenters. The molecule has 2 rings (SSSR count). The SMILES string of the molecule is CCC1CCCN1C(=O)N1CCCC(C(=O)O)C1. The Bertz CT molecular complexity index is 332. The summed E-state index contributed by atoms with van der Waals surface area (Å²) in [6, 6.07) is 0.396. The van der Waals surface area contributed by atoms with Gasteiger partial charge in [-0.15, -0.1) is 0 Å². The van der Waals surface area contributed by atoms with Crippen molar-refractivity contribution in [3.8, 4) is 0 Å². The Morgan fingerprint density at radius 2 is 1.94 bits per heavy atom. The van der Waals surface area contributed by atoms with E-state index in [-0.39, 0.29) is 11.9 Å². The number of amides is 2. The Labute approximate surface area is 108 Å². The van der Waals surface area contributed by atoms with Crippen LogP contribution in [0.2, 0.25) is 0 Å². The van der Waals surface area contributed by atoms with E-state index in [9.17, 15) is 9.59 Å². The Kier molecular flexibility index (Phi) is 4.09. The number of piperidine rings is 1. The van der Waals surface area contributed by atoms with E-state index in [1.165, 1.54) is 0 Å². The molecule has 2 atom stereocenters. The minimum Gasteiger partial charge on any atom is -0.481 e. The molecule has 2 saturated heterocycles. The fourth-order valence-electron chi connectivity index (χ4n) is 3.05. The van der Waals surface area contributed by atoms with Gasteiger partial charge in [0.05, 0.1) is 5.92 Å². The molecule has 0 aromatic rings. The molecule has 102 valence electrons. The maximum Gasteiger partial charge on any atom is 0.320 e. The van der Waals surface area contributed by atoms with Gasteiger partial charge in [-0.05, 0) is 32.1 Å². The van der Waals surface area contributed by atoms with Crippen LogP contribution in [-0.2, 0) is 4.79 Å². The Balaban J connectivity index is 1.98. The molecule has 2 fully saturated rings. The van der Waals surface area contributed by atoms with Crippen molar-refractivity contribution in [1.29, 1.82) is 0 Å². The summed E-state index contributed by atoms with van der Waals surface area (Å²) >= 11 is 0. The van der Waals surface area contributed by atoms with E-state index in [0.717, 1.165) is 32.2 Å². The molecule has 2 heterocycles. The highest BCUT2D eigenvalue weighted by Crippen LogP contribution is 2.24. The number of aliphatic carboxylic acids is 1. The summed E-state index contributed by atoms with van der Waals surface area (Å²) in [6.07, 6.45) is 4.63. The van der Waals surface area contributed by atoms with Gasteiger partial charge in [0.25, 0.3) is 0 Å². The molecule has 0 aromatic carbocycles. The zero-order valence-corrected chi connectivity index (χ0v) is 11.0. The number of carboxylic acid groups (broad SMARTS) is 1. The smallest absolute Gasteiger partial charge is 0.320 e. The van der Waals surface area contributed by atoms with Crippen LogP contribution >= 0.6 is 0 Å². The summed E-state index contributed by atoms with van der Waals surface area (Å²) < 4.78 is 0. The van der Waals surface area contributed by atoms with Gasteiger partial charge in [0.15, 0.2) is 0 Å². The van der Waals surface area contributed by atoms with Crippen molar-refractivity contribution in [3.05, 3.63) is 0 Å². The van der Waals surface area contributed by atoms with E-state index in [2.05, 4.69) is 6.92 Å². The highest BCUT2D eigenvalue weighted by atomic mass is 16.4. The second-order valence-electron chi connectivity index (χ2n) is 5.30. The zero-order valence-electron chi connectivity index (χ0n) is 11.0. The van der Waals surface area contributed by atoms with Gasteiger partial charge in [-0.2, -0.15) is 0 Å². The number of hydrogen-bond donors (Lipinski definition) is 1. The monoisotopic (exact) mass is 254 g/mol. The first-order chi connectivity index (χ1) is 8.63. The van der Waals surface area contributed by atoms with Crippen LogP contribution in [0.25, 0.3) is 0 Å². The van der Waals surface area contributed by atoms with Gasteiger partial charge in [-0.3, -0.25) is 4.79 Å². The largest absolute Gasteiger partial charge is 0.481 e. The first-order valence-electron chi connectivity index (χ1n) is 6.91. The number of urea groups is 1. The van der Waals surface area contributed by atoms with Crippen LogP contribution in [-0.4, -0.2) is 52.6 Å².